The molecule has 0 saturated heterocycles. The zero-order chi connectivity index (χ0) is 14.4. The van der Waals surface area contributed by atoms with Crippen LogP contribution in [0, 0.1) is 5.92 Å². The SMILES string of the molecule is CC(NC(=O)CC(N)c1ccccc1)C1CCCCC1. The third-order valence-corrected chi connectivity index (χ3v) is 4.38. The van der Waals surface area contributed by atoms with Gasteiger partial charge in [0.2, 0.25) is 5.91 Å². The van der Waals surface area contributed by atoms with E-state index in [0.29, 0.717) is 12.3 Å². The molecule has 1 aliphatic carbocycles. The average molecular weight is 274 g/mol. The van der Waals surface area contributed by atoms with E-state index in [2.05, 4.69) is 12.2 Å². The van der Waals surface area contributed by atoms with Crippen LogP contribution in [0.1, 0.15) is 57.1 Å². The Hall–Kier alpha value is -1.35. The van der Waals surface area contributed by atoms with Gasteiger partial charge in [0.25, 0.3) is 0 Å². The molecule has 3 heteroatoms. The molecule has 0 heterocycles. The van der Waals surface area contributed by atoms with Crippen molar-refractivity contribution in [3.8, 4) is 0 Å². The van der Waals surface area contributed by atoms with E-state index in [0.717, 1.165) is 5.56 Å². The van der Waals surface area contributed by atoms with Crippen LogP contribution in [0.4, 0.5) is 0 Å². The van der Waals surface area contributed by atoms with Gasteiger partial charge >= 0.3 is 0 Å². The number of nitrogens with one attached hydrogen (secondary N) is 1. The first-order valence-electron chi connectivity index (χ1n) is 7.76. The first kappa shape index (κ1) is 15.0. The Morgan fingerprint density at radius 1 is 1.25 bits per heavy atom. The van der Waals surface area contributed by atoms with Gasteiger partial charge < -0.3 is 11.1 Å². The van der Waals surface area contributed by atoms with E-state index < -0.39 is 0 Å². The number of carbonyl (C=O) groups is 1. The average Bonchev–Trinajstić information content (AvgIpc) is 2.49. The smallest absolute Gasteiger partial charge is 0.222 e. The molecule has 1 aliphatic rings. The van der Waals surface area contributed by atoms with Crippen molar-refractivity contribution in [3.05, 3.63) is 35.9 Å². The minimum Gasteiger partial charge on any atom is -0.353 e. The summed E-state index contributed by atoms with van der Waals surface area (Å²) in [5.74, 6) is 0.708. The highest BCUT2D eigenvalue weighted by Gasteiger charge is 2.22. The van der Waals surface area contributed by atoms with Crippen molar-refractivity contribution in [2.45, 2.75) is 57.5 Å². The second-order valence-electron chi connectivity index (χ2n) is 5.98. The van der Waals surface area contributed by atoms with Crippen molar-refractivity contribution < 1.29 is 4.79 Å². The lowest BCUT2D eigenvalue weighted by molar-refractivity contribution is -0.122. The van der Waals surface area contributed by atoms with Gasteiger partial charge in [-0.15, -0.1) is 0 Å². The van der Waals surface area contributed by atoms with Gasteiger partial charge in [0.05, 0.1) is 0 Å². The zero-order valence-corrected chi connectivity index (χ0v) is 12.3. The van der Waals surface area contributed by atoms with Crippen molar-refractivity contribution >= 4 is 5.91 Å². The number of nitrogens with two attached hydrogens (primary N) is 1. The number of benzene rings is 1. The normalized spacial score (nSPS) is 19.3. The fourth-order valence-electron chi connectivity index (χ4n) is 3.08. The van der Waals surface area contributed by atoms with Crippen LogP contribution in [0.3, 0.4) is 0 Å². The predicted octanol–water partition coefficient (Wildman–Crippen LogP) is 3.16. The summed E-state index contributed by atoms with van der Waals surface area (Å²) in [5, 5.41) is 3.13. The van der Waals surface area contributed by atoms with Crippen molar-refractivity contribution in [2.24, 2.45) is 11.7 Å². The molecule has 0 bridgehead atoms. The van der Waals surface area contributed by atoms with Gasteiger partial charge in [-0.25, -0.2) is 0 Å². The van der Waals surface area contributed by atoms with Gasteiger partial charge in [0.15, 0.2) is 0 Å². The predicted molar refractivity (Wildman–Crippen MR) is 82.2 cm³/mol. The number of carbonyl (C=O) groups excluding carboxylic acids is 1. The van der Waals surface area contributed by atoms with Gasteiger partial charge in [-0.2, -0.15) is 0 Å². The first-order chi connectivity index (χ1) is 9.66. The van der Waals surface area contributed by atoms with Gasteiger partial charge in [-0.1, -0.05) is 49.6 Å². The van der Waals surface area contributed by atoms with Crippen molar-refractivity contribution in [1.82, 2.24) is 5.32 Å². The molecule has 0 radical (unpaired) electrons. The molecular formula is C17H26N2O. The number of rotatable bonds is 5. The summed E-state index contributed by atoms with van der Waals surface area (Å²) in [6, 6.07) is 9.88. The molecular weight excluding hydrogens is 248 g/mol. The maximum Gasteiger partial charge on any atom is 0.222 e. The Bertz CT molecular complexity index is 412. The van der Waals surface area contributed by atoms with E-state index in [1.807, 2.05) is 30.3 Å². The molecule has 0 aliphatic heterocycles. The molecule has 2 atom stereocenters. The number of amides is 1. The monoisotopic (exact) mass is 274 g/mol. The van der Waals surface area contributed by atoms with Crippen LogP contribution in [0.2, 0.25) is 0 Å². The van der Waals surface area contributed by atoms with Gasteiger partial charge in [-0.3, -0.25) is 4.79 Å². The minimum absolute atomic E-state index is 0.0689. The molecule has 110 valence electrons. The quantitative estimate of drug-likeness (QED) is 0.866. The van der Waals surface area contributed by atoms with Crippen LogP contribution in [-0.2, 0) is 4.79 Å². The fraction of sp³-hybridized carbons (Fsp3) is 0.588. The van der Waals surface area contributed by atoms with Crippen LogP contribution in [0.5, 0.6) is 0 Å². The third-order valence-electron chi connectivity index (χ3n) is 4.38. The summed E-state index contributed by atoms with van der Waals surface area (Å²) in [6.07, 6.45) is 6.79. The van der Waals surface area contributed by atoms with Crippen molar-refractivity contribution in [2.75, 3.05) is 0 Å². The van der Waals surface area contributed by atoms with Crippen LogP contribution >= 0.6 is 0 Å². The van der Waals surface area contributed by atoms with E-state index >= 15 is 0 Å². The lowest BCUT2D eigenvalue weighted by Gasteiger charge is -2.28. The highest BCUT2D eigenvalue weighted by molar-refractivity contribution is 5.77. The summed E-state index contributed by atoms with van der Waals surface area (Å²) in [6.45, 7) is 2.13. The summed E-state index contributed by atoms with van der Waals surface area (Å²) in [5.41, 5.74) is 7.11. The van der Waals surface area contributed by atoms with Crippen LogP contribution in [0.15, 0.2) is 30.3 Å². The Kier molecular flexibility index (Phi) is 5.60. The Morgan fingerprint density at radius 2 is 1.90 bits per heavy atom. The Morgan fingerprint density at radius 3 is 2.55 bits per heavy atom. The molecule has 1 amide bonds. The highest BCUT2D eigenvalue weighted by atomic mass is 16.1. The second kappa shape index (κ2) is 7.44. The standard InChI is InChI=1S/C17H26N2O/c1-13(14-8-4-2-5-9-14)19-17(20)12-16(18)15-10-6-3-7-11-15/h3,6-7,10-11,13-14,16H,2,4-5,8-9,12,18H2,1H3,(H,19,20). The Balaban J connectivity index is 1.79. The Labute approximate surface area is 121 Å². The molecule has 1 saturated carbocycles. The van der Waals surface area contributed by atoms with E-state index in [9.17, 15) is 4.79 Å². The third kappa shape index (κ3) is 4.34. The van der Waals surface area contributed by atoms with E-state index in [1.165, 1.54) is 32.1 Å². The molecule has 0 aromatic heterocycles. The molecule has 0 spiro atoms. The second-order valence-corrected chi connectivity index (χ2v) is 5.98. The molecule has 1 fully saturated rings. The molecule has 2 rings (SSSR count). The fourth-order valence-corrected chi connectivity index (χ4v) is 3.08. The highest BCUT2D eigenvalue weighted by Crippen LogP contribution is 2.26. The zero-order valence-electron chi connectivity index (χ0n) is 12.3. The molecule has 3 nitrogen and oxygen atoms in total. The summed E-state index contributed by atoms with van der Waals surface area (Å²) in [7, 11) is 0. The lowest BCUT2D eigenvalue weighted by Crippen LogP contribution is -2.39. The summed E-state index contributed by atoms with van der Waals surface area (Å²) >= 11 is 0. The minimum atomic E-state index is -0.213. The topological polar surface area (TPSA) is 55.1 Å². The lowest BCUT2D eigenvalue weighted by atomic mass is 9.84. The molecule has 1 aromatic carbocycles. The molecule has 1 aromatic rings. The van der Waals surface area contributed by atoms with E-state index in [1.54, 1.807) is 0 Å². The van der Waals surface area contributed by atoms with Gasteiger partial charge in [-0.05, 0) is 31.2 Å². The summed E-state index contributed by atoms with van der Waals surface area (Å²) < 4.78 is 0. The maximum absolute atomic E-state index is 12.1. The number of hydrogen-bond acceptors (Lipinski definition) is 2. The maximum atomic E-state index is 12.1. The van der Waals surface area contributed by atoms with Gasteiger partial charge in [0.1, 0.15) is 0 Å². The first-order valence-corrected chi connectivity index (χ1v) is 7.76. The van der Waals surface area contributed by atoms with Crippen LogP contribution < -0.4 is 11.1 Å². The summed E-state index contributed by atoms with van der Waals surface area (Å²) in [4.78, 5) is 12.1. The van der Waals surface area contributed by atoms with E-state index in [4.69, 9.17) is 5.73 Å². The van der Waals surface area contributed by atoms with Crippen LogP contribution in [0.25, 0.3) is 0 Å². The molecule has 2 unspecified atom stereocenters. The van der Waals surface area contributed by atoms with Crippen LogP contribution in [-0.4, -0.2) is 11.9 Å². The van der Waals surface area contributed by atoms with E-state index in [-0.39, 0.29) is 18.0 Å². The van der Waals surface area contributed by atoms with Gasteiger partial charge in [0, 0.05) is 18.5 Å². The largest absolute Gasteiger partial charge is 0.353 e. The molecule has 20 heavy (non-hydrogen) atoms. The van der Waals surface area contributed by atoms with Crippen molar-refractivity contribution in [3.63, 3.8) is 0 Å². The number of hydrogen-bond donors (Lipinski definition) is 2. The molecule has 3 N–H and O–H groups in total. The van der Waals surface area contributed by atoms with Crippen molar-refractivity contribution in [1.29, 1.82) is 0 Å².